The maximum atomic E-state index is 13.1. The third kappa shape index (κ3) is 3.67. The van der Waals surface area contributed by atoms with Gasteiger partial charge < -0.3 is 15.0 Å². The van der Waals surface area contributed by atoms with Crippen molar-refractivity contribution in [1.82, 2.24) is 9.97 Å². The molecule has 0 radical (unpaired) electrons. The van der Waals surface area contributed by atoms with Crippen LogP contribution in [0, 0.1) is 13.8 Å². The molecule has 30 heavy (non-hydrogen) atoms. The van der Waals surface area contributed by atoms with E-state index in [0.717, 1.165) is 46.6 Å². The molecule has 3 aromatic heterocycles. The zero-order valence-electron chi connectivity index (χ0n) is 17.3. The summed E-state index contributed by atoms with van der Waals surface area (Å²) in [7, 11) is 0. The molecular weight excluding hydrogens is 422 g/mol. The van der Waals surface area contributed by atoms with Gasteiger partial charge in [0.25, 0.3) is 5.56 Å². The van der Waals surface area contributed by atoms with Gasteiger partial charge in [0.05, 0.1) is 10.9 Å². The van der Waals surface area contributed by atoms with E-state index >= 15 is 0 Å². The second kappa shape index (κ2) is 7.96. The molecule has 0 bridgehead atoms. The molecule has 158 valence electrons. The normalized spacial score (nSPS) is 14.4. The van der Waals surface area contributed by atoms with Gasteiger partial charge in [0.15, 0.2) is 11.9 Å². The van der Waals surface area contributed by atoms with Crippen molar-refractivity contribution in [2.45, 2.75) is 59.5 Å². The van der Waals surface area contributed by atoms with Crippen LogP contribution in [0.4, 0.5) is 5.00 Å². The van der Waals surface area contributed by atoms with E-state index in [9.17, 15) is 14.4 Å². The van der Waals surface area contributed by atoms with Crippen molar-refractivity contribution in [3.63, 3.8) is 0 Å². The second-order valence-electron chi connectivity index (χ2n) is 7.56. The zero-order valence-corrected chi connectivity index (χ0v) is 18.9. The first kappa shape index (κ1) is 20.7. The summed E-state index contributed by atoms with van der Waals surface area (Å²) in [5, 5.41) is 3.89. The number of anilines is 1. The van der Waals surface area contributed by atoms with E-state index in [2.05, 4.69) is 15.3 Å². The molecule has 0 spiro atoms. The van der Waals surface area contributed by atoms with Crippen LogP contribution >= 0.6 is 22.7 Å². The number of aryl methyl sites for hydroxylation is 3. The van der Waals surface area contributed by atoms with Crippen molar-refractivity contribution in [3.8, 4) is 0 Å². The van der Waals surface area contributed by atoms with Gasteiger partial charge in [0.1, 0.15) is 9.83 Å². The maximum Gasteiger partial charge on any atom is 0.342 e. The predicted octanol–water partition coefficient (Wildman–Crippen LogP) is 4.42. The van der Waals surface area contributed by atoms with Crippen LogP contribution in [0.3, 0.4) is 0 Å². The highest BCUT2D eigenvalue weighted by atomic mass is 32.1. The lowest BCUT2D eigenvalue weighted by atomic mass is 9.95. The van der Waals surface area contributed by atoms with Gasteiger partial charge in [-0.2, -0.15) is 0 Å². The average molecular weight is 446 g/mol. The van der Waals surface area contributed by atoms with E-state index in [1.807, 2.05) is 13.8 Å². The molecule has 1 atom stereocenters. The maximum absolute atomic E-state index is 13.1. The molecule has 9 heteroatoms. The van der Waals surface area contributed by atoms with Crippen molar-refractivity contribution >= 4 is 49.8 Å². The number of ether oxygens (including phenoxy) is 1. The topological polar surface area (TPSA) is 101 Å². The summed E-state index contributed by atoms with van der Waals surface area (Å²) in [4.78, 5) is 47.4. The molecule has 3 aromatic rings. The molecule has 0 fully saturated rings. The number of thiophene rings is 2. The molecule has 0 unspecified atom stereocenters. The first-order valence-corrected chi connectivity index (χ1v) is 11.5. The number of aromatic nitrogens is 2. The summed E-state index contributed by atoms with van der Waals surface area (Å²) in [5.74, 6) is -0.421. The number of esters is 1. The molecule has 1 aliphatic carbocycles. The zero-order chi connectivity index (χ0) is 21.6. The van der Waals surface area contributed by atoms with E-state index in [1.54, 1.807) is 6.92 Å². The molecule has 1 amide bonds. The van der Waals surface area contributed by atoms with Crippen molar-refractivity contribution in [3.05, 3.63) is 42.6 Å². The van der Waals surface area contributed by atoms with E-state index in [0.29, 0.717) is 26.6 Å². The Hall–Kier alpha value is -2.52. The molecule has 0 saturated heterocycles. The van der Waals surface area contributed by atoms with Crippen LogP contribution in [0.25, 0.3) is 10.2 Å². The van der Waals surface area contributed by atoms with Crippen molar-refractivity contribution in [2.75, 3.05) is 5.32 Å². The average Bonchev–Trinajstić information content (AvgIpc) is 3.17. The van der Waals surface area contributed by atoms with Gasteiger partial charge in [-0.25, -0.2) is 9.78 Å². The number of hydrogen-bond acceptors (Lipinski definition) is 7. The van der Waals surface area contributed by atoms with E-state index in [-0.39, 0.29) is 11.5 Å². The van der Waals surface area contributed by atoms with Crippen molar-refractivity contribution in [1.29, 1.82) is 0 Å². The summed E-state index contributed by atoms with van der Waals surface area (Å²) in [6.45, 7) is 6.96. The highest BCUT2D eigenvalue weighted by molar-refractivity contribution is 7.18. The van der Waals surface area contributed by atoms with Gasteiger partial charge in [0.2, 0.25) is 5.91 Å². The van der Waals surface area contributed by atoms with Crippen LogP contribution in [-0.2, 0) is 22.4 Å². The summed E-state index contributed by atoms with van der Waals surface area (Å²) in [5.41, 5.74) is 2.09. The number of carbonyl (C=O) groups is 2. The summed E-state index contributed by atoms with van der Waals surface area (Å²) >= 11 is 2.90. The molecule has 0 aromatic carbocycles. The Kier molecular flexibility index (Phi) is 5.50. The highest BCUT2D eigenvalue weighted by Crippen LogP contribution is 2.39. The Morgan fingerprint density at radius 1 is 1.20 bits per heavy atom. The van der Waals surface area contributed by atoms with Crippen molar-refractivity contribution < 1.29 is 14.3 Å². The SMILES string of the molecule is CC(=O)Nc1sc2c(c1C(=O)O[C@H](C)c1nc3sc(C)c(C)c3c(=O)[nH]1)CCCC2. The van der Waals surface area contributed by atoms with Crippen LogP contribution in [0.2, 0.25) is 0 Å². The lowest BCUT2D eigenvalue weighted by Gasteiger charge is -2.16. The minimum atomic E-state index is -0.735. The number of rotatable bonds is 4. The minimum Gasteiger partial charge on any atom is -0.451 e. The molecule has 0 saturated carbocycles. The highest BCUT2D eigenvalue weighted by Gasteiger charge is 2.29. The third-order valence-electron chi connectivity index (χ3n) is 5.39. The van der Waals surface area contributed by atoms with E-state index in [1.165, 1.54) is 29.6 Å². The quantitative estimate of drug-likeness (QED) is 0.579. The molecular formula is C21H23N3O4S2. The van der Waals surface area contributed by atoms with Gasteiger partial charge in [-0.05, 0) is 57.6 Å². The predicted molar refractivity (Wildman–Crippen MR) is 119 cm³/mol. The Balaban J connectivity index is 1.66. The molecule has 7 nitrogen and oxygen atoms in total. The second-order valence-corrected chi connectivity index (χ2v) is 9.87. The Labute approximate surface area is 181 Å². The number of amides is 1. The largest absolute Gasteiger partial charge is 0.451 e. The lowest BCUT2D eigenvalue weighted by Crippen LogP contribution is -2.19. The van der Waals surface area contributed by atoms with Gasteiger partial charge in [-0.3, -0.25) is 9.59 Å². The minimum absolute atomic E-state index is 0.226. The first-order valence-electron chi connectivity index (χ1n) is 9.89. The Morgan fingerprint density at radius 3 is 2.67 bits per heavy atom. The monoisotopic (exact) mass is 445 g/mol. The van der Waals surface area contributed by atoms with Crippen molar-refractivity contribution in [2.24, 2.45) is 0 Å². The number of carbonyl (C=O) groups excluding carboxylic acids is 2. The number of hydrogen-bond donors (Lipinski definition) is 2. The van der Waals surface area contributed by atoms with Crippen LogP contribution in [0.1, 0.15) is 69.9 Å². The lowest BCUT2D eigenvalue weighted by molar-refractivity contribution is -0.114. The third-order valence-corrected chi connectivity index (χ3v) is 7.70. The van der Waals surface area contributed by atoms with E-state index in [4.69, 9.17) is 4.74 Å². The number of aromatic amines is 1. The molecule has 0 aliphatic heterocycles. The van der Waals surface area contributed by atoms with Gasteiger partial charge in [-0.15, -0.1) is 22.7 Å². The van der Waals surface area contributed by atoms with Crippen LogP contribution in [0.15, 0.2) is 4.79 Å². The number of fused-ring (bicyclic) bond motifs is 2. The fourth-order valence-electron chi connectivity index (χ4n) is 3.77. The smallest absolute Gasteiger partial charge is 0.342 e. The number of H-pyrrole nitrogens is 1. The Bertz CT molecular complexity index is 1220. The summed E-state index contributed by atoms with van der Waals surface area (Å²) < 4.78 is 5.70. The molecule has 2 N–H and O–H groups in total. The van der Waals surface area contributed by atoms with E-state index < -0.39 is 12.1 Å². The molecule has 3 heterocycles. The van der Waals surface area contributed by atoms with Gasteiger partial charge >= 0.3 is 5.97 Å². The molecule has 4 rings (SSSR count). The fourth-order valence-corrected chi connectivity index (χ4v) is 6.13. The number of nitrogens with zero attached hydrogens (tertiary/aromatic N) is 1. The summed E-state index contributed by atoms with van der Waals surface area (Å²) in [6.07, 6.45) is 3.03. The fraction of sp³-hybridized carbons (Fsp3) is 0.429. The van der Waals surface area contributed by atoms with Gasteiger partial charge in [0, 0.05) is 16.7 Å². The first-order chi connectivity index (χ1) is 14.3. The Morgan fingerprint density at radius 2 is 1.93 bits per heavy atom. The van der Waals surface area contributed by atoms with Crippen LogP contribution < -0.4 is 10.9 Å². The van der Waals surface area contributed by atoms with Crippen LogP contribution in [0.5, 0.6) is 0 Å². The summed E-state index contributed by atoms with van der Waals surface area (Å²) in [6, 6.07) is 0. The van der Waals surface area contributed by atoms with Gasteiger partial charge in [-0.1, -0.05) is 0 Å². The number of nitrogens with one attached hydrogen (secondary N) is 2. The van der Waals surface area contributed by atoms with Crippen LogP contribution in [-0.4, -0.2) is 21.8 Å². The molecule has 1 aliphatic rings. The standard InChI is InChI=1S/C21H23N3O4S2/c1-9-11(3)29-19-15(9)18(26)23-17(24-19)10(2)28-21(27)16-13-7-5-6-8-14(13)30-20(16)22-12(4)25/h10H,5-8H2,1-4H3,(H,22,25)(H,23,24,26)/t10-/m1/s1.